The van der Waals surface area contributed by atoms with Crippen molar-refractivity contribution in [3.05, 3.63) is 23.8 Å². The Bertz CT molecular complexity index is 453. The average Bonchev–Trinajstić information content (AvgIpc) is 2.80. The topological polar surface area (TPSA) is 61.8 Å². The minimum Gasteiger partial charge on any atom is -0.397 e. The molecule has 0 aromatic heterocycles. The Morgan fingerprint density at radius 3 is 3.00 bits per heavy atom. The van der Waals surface area contributed by atoms with E-state index < -0.39 is 0 Å². The van der Waals surface area contributed by atoms with Crippen molar-refractivity contribution in [1.29, 1.82) is 5.26 Å². The largest absolute Gasteiger partial charge is 0.397 e. The molecule has 0 aliphatic heterocycles. The number of nitrogens with two attached hydrogens (primary N) is 1. The Balaban J connectivity index is 2.07. The van der Waals surface area contributed by atoms with E-state index in [4.69, 9.17) is 11.0 Å². The van der Waals surface area contributed by atoms with Gasteiger partial charge in [-0.05, 0) is 36.8 Å². The monoisotopic (exact) mass is 261 g/mol. The second kappa shape index (κ2) is 6.01. The maximum atomic E-state index is 8.82. The van der Waals surface area contributed by atoms with Gasteiger partial charge in [-0.3, -0.25) is 0 Å². The van der Waals surface area contributed by atoms with Gasteiger partial charge in [0.25, 0.3) is 0 Å². The van der Waals surface area contributed by atoms with E-state index in [-0.39, 0.29) is 0 Å². The van der Waals surface area contributed by atoms with Gasteiger partial charge in [0, 0.05) is 11.3 Å². The van der Waals surface area contributed by atoms with Crippen LogP contribution >= 0.6 is 11.8 Å². The molecule has 3 N–H and O–H groups in total. The standard InChI is InChI=1S/C14H19N3S/c1-2-18-14-5-3-4-13(14)17-12-7-6-10(9-15)8-11(12)16/h6-8,13-14,17H,2-5,16H2,1H3. The molecular weight excluding hydrogens is 242 g/mol. The summed E-state index contributed by atoms with van der Waals surface area (Å²) in [7, 11) is 0. The molecule has 0 radical (unpaired) electrons. The zero-order valence-electron chi connectivity index (χ0n) is 10.6. The molecule has 1 saturated carbocycles. The van der Waals surface area contributed by atoms with Crippen molar-refractivity contribution >= 4 is 23.1 Å². The zero-order chi connectivity index (χ0) is 13.0. The van der Waals surface area contributed by atoms with Gasteiger partial charge in [-0.15, -0.1) is 0 Å². The number of hydrogen-bond acceptors (Lipinski definition) is 4. The summed E-state index contributed by atoms with van der Waals surface area (Å²) >= 11 is 2.02. The predicted octanol–water partition coefficient (Wildman–Crippen LogP) is 3.23. The normalized spacial score (nSPS) is 22.7. The second-order valence-electron chi connectivity index (χ2n) is 4.59. The van der Waals surface area contributed by atoms with Crippen LogP contribution in [0.25, 0.3) is 0 Å². The molecule has 2 atom stereocenters. The summed E-state index contributed by atoms with van der Waals surface area (Å²) in [6, 6.07) is 8.08. The van der Waals surface area contributed by atoms with E-state index in [1.165, 1.54) is 19.3 Å². The molecule has 0 spiro atoms. The fourth-order valence-electron chi connectivity index (χ4n) is 2.47. The number of nitrogens with zero attached hydrogens (tertiary/aromatic N) is 1. The van der Waals surface area contributed by atoms with Crippen molar-refractivity contribution in [2.24, 2.45) is 0 Å². The van der Waals surface area contributed by atoms with Gasteiger partial charge in [-0.1, -0.05) is 13.3 Å². The summed E-state index contributed by atoms with van der Waals surface area (Å²) in [4.78, 5) is 0. The average molecular weight is 261 g/mol. The molecule has 1 aliphatic carbocycles. The maximum Gasteiger partial charge on any atom is 0.0992 e. The maximum absolute atomic E-state index is 8.82. The first-order chi connectivity index (χ1) is 8.74. The molecule has 18 heavy (non-hydrogen) atoms. The summed E-state index contributed by atoms with van der Waals surface area (Å²) < 4.78 is 0. The van der Waals surface area contributed by atoms with Crippen LogP contribution in [0.3, 0.4) is 0 Å². The first-order valence-electron chi connectivity index (χ1n) is 6.42. The van der Waals surface area contributed by atoms with Gasteiger partial charge in [0.2, 0.25) is 0 Å². The van der Waals surface area contributed by atoms with Gasteiger partial charge in [0.05, 0.1) is 23.0 Å². The number of thioether (sulfide) groups is 1. The van der Waals surface area contributed by atoms with Crippen LogP contribution in [0, 0.1) is 11.3 Å². The van der Waals surface area contributed by atoms with Crippen LogP contribution in [-0.4, -0.2) is 17.0 Å². The SMILES string of the molecule is CCSC1CCCC1Nc1ccc(C#N)cc1N. The van der Waals surface area contributed by atoms with Crippen molar-refractivity contribution in [3.63, 3.8) is 0 Å². The predicted molar refractivity (Wildman–Crippen MR) is 78.8 cm³/mol. The minimum atomic E-state index is 0.505. The van der Waals surface area contributed by atoms with Gasteiger partial charge in [-0.2, -0.15) is 17.0 Å². The number of hydrogen-bond donors (Lipinski definition) is 2. The molecule has 4 heteroatoms. The van der Waals surface area contributed by atoms with E-state index in [0.717, 1.165) is 11.4 Å². The van der Waals surface area contributed by atoms with Crippen molar-refractivity contribution in [2.45, 2.75) is 37.5 Å². The molecular formula is C14H19N3S. The second-order valence-corrected chi connectivity index (χ2v) is 6.11. The van der Waals surface area contributed by atoms with Gasteiger partial charge in [0.1, 0.15) is 0 Å². The van der Waals surface area contributed by atoms with E-state index in [1.807, 2.05) is 23.9 Å². The number of rotatable bonds is 4. The van der Waals surface area contributed by atoms with Gasteiger partial charge in [-0.25, -0.2) is 0 Å². The van der Waals surface area contributed by atoms with E-state index in [9.17, 15) is 0 Å². The molecule has 2 unspecified atom stereocenters. The number of nitrogens with one attached hydrogen (secondary N) is 1. The lowest BCUT2D eigenvalue weighted by Crippen LogP contribution is -2.26. The molecule has 0 amide bonds. The van der Waals surface area contributed by atoms with Crippen molar-refractivity contribution in [3.8, 4) is 6.07 Å². The summed E-state index contributed by atoms with van der Waals surface area (Å²) in [6.45, 7) is 2.20. The number of nitriles is 1. The molecule has 1 aromatic rings. The van der Waals surface area contributed by atoms with Crippen LogP contribution < -0.4 is 11.1 Å². The van der Waals surface area contributed by atoms with Crippen molar-refractivity contribution in [2.75, 3.05) is 16.8 Å². The molecule has 2 rings (SSSR count). The van der Waals surface area contributed by atoms with E-state index in [0.29, 0.717) is 22.5 Å². The highest BCUT2D eigenvalue weighted by Crippen LogP contribution is 2.33. The fourth-order valence-corrected chi connectivity index (χ4v) is 3.67. The van der Waals surface area contributed by atoms with Gasteiger partial charge < -0.3 is 11.1 Å². The lowest BCUT2D eigenvalue weighted by molar-refractivity contribution is 0.768. The Labute approximate surface area is 113 Å². The fraction of sp³-hybridized carbons (Fsp3) is 0.500. The highest BCUT2D eigenvalue weighted by molar-refractivity contribution is 7.99. The lowest BCUT2D eigenvalue weighted by Gasteiger charge is -2.22. The summed E-state index contributed by atoms with van der Waals surface area (Å²) in [5.74, 6) is 1.16. The smallest absolute Gasteiger partial charge is 0.0992 e. The molecule has 1 fully saturated rings. The number of anilines is 2. The molecule has 3 nitrogen and oxygen atoms in total. The zero-order valence-corrected chi connectivity index (χ0v) is 11.5. The van der Waals surface area contributed by atoms with Gasteiger partial charge >= 0.3 is 0 Å². The molecule has 0 bridgehead atoms. The van der Waals surface area contributed by atoms with Crippen LogP contribution in [-0.2, 0) is 0 Å². The molecule has 1 aliphatic rings. The summed E-state index contributed by atoms with van der Waals surface area (Å²) in [6.07, 6.45) is 3.77. The molecule has 0 saturated heterocycles. The summed E-state index contributed by atoms with van der Waals surface area (Å²) in [5.41, 5.74) is 8.22. The third kappa shape index (κ3) is 2.91. The first-order valence-corrected chi connectivity index (χ1v) is 7.47. The molecule has 96 valence electrons. The van der Waals surface area contributed by atoms with Crippen LogP contribution in [0.2, 0.25) is 0 Å². The van der Waals surface area contributed by atoms with E-state index >= 15 is 0 Å². The Kier molecular flexibility index (Phi) is 4.38. The molecule has 1 aromatic carbocycles. The molecule has 0 heterocycles. The first kappa shape index (κ1) is 13.1. The van der Waals surface area contributed by atoms with E-state index in [1.54, 1.807) is 6.07 Å². The Hall–Kier alpha value is -1.34. The highest BCUT2D eigenvalue weighted by Gasteiger charge is 2.27. The number of benzene rings is 1. The minimum absolute atomic E-state index is 0.505. The van der Waals surface area contributed by atoms with Gasteiger partial charge in [0.15, 0.2) is 0 Å². The Morgan fingerprint density at radius 2 is 2.33 bits per heavy atom. The number of nitrogen functional groups attached to an aromatic ring is 1. The third-order valence-corrected chi connectivity index (χ3v) is 4.68. The Morgan fingerprint density at radius 1 is 1.50 bits per heavy atom. The van der Waals surface area contributed by atoms with Crippen molar-refractivity contribution < 1.29 is 0 Å². The van der Waals surface area contributed by atoms with Crippen LogP contribution in [0.5, 0.6) is 0 Å². The van der Waals surface area contributed by atoms with Crippen LogP contribution in [0.4, 0.5) is 11.4 Å². The van der Waals surface area contributed by atoms with Crippen molar-refractivity contribution in [1.82, 2.24) is 0 Å². The van der Waals surface area contributed by atoms with E-state index in [2.05, 4.69) is 18.3 Å². The lowest BCUT2D eigenvalue weighted by atomic mass is 10.1. The quantitative estimate of drug-likeness (QED) is 0.817. The van der Waals surface area contributed by atoms with Crippen LogP contribution in [0.15, 0.2) is 18.2 Å². The summed E-state index contributed by atoms with van der Waals surface area (Å²) in [5, 5.41) is 13.0. The third-order valence-electron chi connectivity index (χ3n) is 3.35. The highest BCUT2D eigenvalue weighted by atomic mass is 32.2. The van der Waals surface area contributed by atoms with Crippen LogP contribution in [0.1, 0.15) is 31.7 Å².